The Hall–Kier alpha value is -1.06. The van der Waals surface area contributed by atoms with Crippen LogP contribution in [-0.2, 0) is 0 Å². The van der Waals surface area contributed by atoms with Crippen LogP contribution in [0.15, 0.2) is 24.3 Å². The molecule has 0 aromatic heterocycles. The van der Waals surface area contributed by atoms with Gasteiger partial charge in [0.1, 0.15) is 5.75 Å². The van der Waals surface area contributed by atoms with Crippen molar-refractivity contribution in [3.8, 4) is 5.75 Å². The van der Waals surface area contributed by atoms with Crippen molar-refractivity contribution in [1.29, 1.82) is 0 Å². The highest BCUT2D eigenvalue weighted by Crippen LogP contribution is 2.24. The lowest BCUT2D eigenvalue weighted by atomic mass is 9.95. The Kier molecular flexibility index (Phi) is 5.65. The van der Waals surface area contributed by atoms with Crippen LogP contribution in [0.2, 0.25) is 0 Å². The molecule has 21 heavy (non-hydrogen) atoms. The van der Waals surface area contributed by atoms with Gasteiger partial charge in [-0.25, -0.2) is 0 Å². The zero-order chi connectivity index (χ0) is 15.4. The Morgan fingerprint density at radius 1 is 1.33 bits per heavy atom. The van der Waals surface area contributed by atoms with Crippen LogP contribution in [0, 0.1) is 0 Å². The molecule has 1 aromatic rings. The van der Waals surface area contributed by atoms with Gasteiger partial charge in [0.15, 0.2) is 0 Å². The van der Waals surface area contributed by atoms with Crippen LogP contribution in [0.5, 0.6) is 5.75 Å². The number of ether oxygens (including phenoxy) is 1. The second kappa shape index (κ2) is 7.28. The van der Waals surface area contributed by atoms with E-state index < -0.39 is 0 Å². The van der Waals surface area contributed by atoms with Crippen LogP contribution in [0.3, 0.4) is 0 Å². The first-order valence-electron chi connectivity index (χ1n) is 8.05. The van der Waals surface area contributed by atoms with E-state index in [2.05, 4.69) is 62.0 Å². The van der Waals surface area contributed by atoms with E-state index in [9.17, 15) is 0 Å². The van der Waals surface area contributed by atoms with Crippen LogP contribution in [0.1, 0.15) is 38.2 Å². The molecule has 0 unspecified atom stereocenters. The normalized spacial score (nSPS) is 25.0. The minimum Gasteiger partial charge on any atom is -0.497 e. The van der Waals surface area contributed by atoms with E-state index in [-0.39, 0.29) is 0 Å². The van der Waals surface area contributed by atoms with Gasteiger partial charge in [-0.15, -0.1) is 0 Å². The molecule has 1 fully saturated rings. The first-order chi connectivity index (χ1) is 10.0. The van der Waals surface area contributed by atoms with Crippen LogP contribution in [0.4, 0.5) is 0 Å². The molecule has 0 bridgehead atoms. The van der Waals surface area contributed by atoms with Crippen molar-refractivity contribution >= 4 is 0 Å². The molecule has 3 nitrogen and oxygen atoms in total. The van der Waals surface area contributed by atoms with E-state index in [4.69, 9.17) is 4.74 Å². The summed E-state index contributed by atoms with van der Waals surface area (Å²) in [6.45, 7) is 6.99. The molecule has 2 rings (SSSR count). The molecule has 3 atom stereocenters. The van der Waals surface area contributed by atoms with E-state index in [0.29, 0.717) is 12.0 Å². The highest BCUT2D eigenvalue weighted by atomic mass is 16.5. The van der Waals surface area contributed by atoms with Crippen molar-refractivity contribution in [2.45, 2.75) is 44.7 Å². The number of hydrogen-bond acceptors (Lipinski definition) is 3. The molecule has 0 spiro atoms. The van der Waals surface area contributed by atoms with Crippen LogP contribution < -0.4 is 4.74 Å². The third-order valence-electron chi connectivity index (χ3n) is 5.05. The van der Waals surface area contributed by atoms with Gasteiger partial charge in [-0.05, 0) is 64.0 Å². The lowest BCUT2D eigenvalue weighted by molar-refractivity contribution is 0.102. The second-order valence-electron chi connectivity index (χ2n) is 6.62. The summed E-state index contributed by atoms with van der Waals surface area (Å²) < 4.78 is 5.23. The molecule has 1 heterocycles. The maximum absolute atomic E-state index is 5.23. The summed E-state index contributed by atoms with van der Waals surface area (Å²) in [5, 5.41) is 0. The third-order valence-corrected chi connectivity index (χ3v) is 5.05. The minimum atomic E-state index is 0.552. The van der Waals surface area contributed by atoms with E-state index in [1.807, 2.05) is 0 Å². The zero-order valence-electron chi connectivity index (χ0n) is 14.2. The molecule has 118 valence electrons. The number of methoxy groups -OCH3 is 1. The van der Waals surface area contributed by atoms with Gasteiger partial charge in [0.05, 0.1) is 7.11 Å². The number of hydrogen-bond donors (Lipinski definition) is 0. The van der Waals surface area contributed by atoms with E-state index in [1.165, 1.54) is 24.9 Å². The first kappa shape index (κ1) is 16.3. The van der Waals surface area contributed by atoms with E-state index in [0.717, 1.165) is 18.3 Å². The maximum atomic E-state index is 5.23. The van der Waals surface area contributed by atoms with Crippen molar-refractivity contribution in [2.24, 2.45) is 0 Å². The van der Waals surface area contributed by atoms with Crippen molar-refractivity contribution < 1.29 is 4.74 Å². The summed E-state index contributed by atoms with van der Waals surface area (Å²) in [6.07, 6.45) is 2.56. The fraction of sp³-hybridized carbons (Fsp3) is 0.667. The summed E-state index contributed by atoms with van der Waals surface area (Å²) in [7, 11) is 6.23. The van der Waals surface area contributed by atoms with Gasteiger partial charge in [-0.2, -0.15) is 0 Å². The number of likely N-dealkylation sites (N-methyl/N-ethyl adjacent to an activating group) is 1. The number of nitrogens with zero attached hydrogens (tertiary/aromatic N) is 2. The van der Waals surface area contributed by atoms with E-state index >= 15 is 0 Å². The molecule has 0 amide bonds. The fourth-order valence-electron chi connectivity index (χ4n) is 3.28. The summed E-state index contributed by atoms with van der Waals surface area (Å²) in [6, 6.07) is 9.91. The third kappa shape index (κ3) is 4.21. The molecule has 3 heteroatoms. The van der Waals surface area contributed by atoms with Crippen molar-refractivity contribution in [1.82, 2.24) is 9.80 Å². The average Bonchev–Trinajstić information content (AvgIpc) is 2.50. The van der Waals surface area contributed by atoms with Crippen LogP contribution in [0.25, 0.3) is 0 Å². The summed E-state index contributed by atoms with van der Waals surface area (Å²) >= 11 is 0. The predicted octanol–water partition coefficient (Wildman–Crippen LogP) is 3.21. The molecule has 0 radical (unpaired) electrons. The Morgan fingerprint density at radius 2 is 2.00 bits per heavy atom. The largest absolute Gasteiger partial charge is 0.497 e. The number of rotatable bonds is 5. The van der Waals surface area contributed by atoms with Gasteiger partial charge in [-0.3, -0.25) is 0 Å². The lowest BCUT2D eigenvalue weighted by Gasteiger charge is -2.40. The molecule has 0 N–H and O–H groups in total. The number of likely N-dealkylation sites (tertiary alicyclic amines) is 1. The maximum Gasteiger partial charge on any atom is 0.118 e. The number of benzene rings is 1. The van der Waals surface area contributed by atoms with Crippen molar-refractivity contribution in [3.05, 3.63) is 29.8 Å². The predicted molar refractivity (Wildman–Crippen MR) is 89.2 cm³/mol. The molecule has 1 aromatic carbocycles. The Balaban J connectivity index is 1.90. The van der Waals surface area contributed by atoms with Gasteiger partial charge in [0.25, 0.3) is 0 Å². The van der Waals surface area contributed by atoms with Gasteiger partial charge in [0.2, 0.25) is 0 Å². The Bertz CT molecular complexity index is 431. The molecule has 1 aliphatic rings. The quantitative estimate of drug-likeness (QED) is 0.828. The summed E-state index contributed by atoms with van der Waals surface area (Å²) in [5.41, 5.74) is 1.39. The van der Waals surface area contributed by atoms with E-state index in [1.54, 1.807) is 7.11 Å². The second-order valence-corrected chi connectivity index (χ2v) is 6.62. The molecule has 1 aliphatic heterocycles. The van der Waals surface area contributed by atoms with Gasteiger partial charge >= 0.3 is 0 Å². The molecule has 0 saturated carbocycles. The summed E-state index contributed by atoms with van der Waals surface area (Å²) in [4.78, 5) is 5.02. The SMILES string of the molecule is COc1ccc([C@H](C)CN(C)[C@H]2CCN(C)[C@H](C)C2)cc1. The minimum absolute atomic E-state index is 0.552. The monoisotopic (exact) mass is 290 g/mol. The van der Waals surface area contributed by atoms with Crippen LogP contribution in [-0.4, -0.2) is 56.2 Å². The molecule has 1 saturated heterocycles. The number of piperidine rings is 1. The molecular weight excluding hydrogens is 260 g/mol. The smallest absolute Gasteiger partial charge is 0.118 e. The first-order valence-corrected chi connectivity index (χ1v) is 8.05. The summed E-state index contributed by atoms with van der Waals surface area (Å²) in [5.74, 6) is 1.49. The van der Waals surface area contributed by atoms with Gasteiger partial charge in [0, 0.05) is 18.6 Å². The standard InChI is InChI=1S/C18H30N2O/c1-14(16-6-8-18(21-5)9-7-16)13-20(4)17-10-11-19(3)15(2)12-17/h6-9,14-15,17H,10-13H2,1-5H3/t14-,15-,17+/m1/s1. The Morgan fingerprint density at radius 3 is 2.57 bits per heavy atom. The van der Waals surface area contributed by atoms with Crippen molar-refractivity contribution in [3.63, 3.8) is 0 Å². The zero-order valence-corrected chi connectivity index (χ0v) is 14.2. The van der Waals surface area contributed by atoms with Gasteiger partial charge < -0.3 is 14.5 Å². The highest BCUT2D eigenvalue weighted by molar-refractivity contribution is 5.29. The Labute approximate surface area is 129 Å². The van der Waals surface area contributed by atoms with Crippen molar-refractivity contribution in [2.75, 3.05) is 34.3 Å². The molecular formula is C18H30N2O. The average molecular weight is 290 g/mol. The van der Waals surface area contributed by atoms with Gasteiger partial charge in [-0.1, -0.05) is 19.1 Å². The topological polar surface area (TPSA) is 15.7 Å². The lowest BCUT2D eigenvalue weighted by Crippen LogP contribution is -2.47. The molecule has 0 aliphatic carbocycles. The fourth-order valence-corrected chi connectivity index (χ4v) is 3.28. The van der Waals surface area contributed by atoms with Crippen LogP contribution >= 0.6 is 0 Å². The highest BCUT2D eigenvalue weighted by Gasteiger charge is 2.26.